The number of rotatable bonds is 11. The minimum Gasteiger partial charge on any atom is -0.395 e. The van der Waals surface area contributed by atoms with Gasteiger partial charge in [-0.3, -0.25) is 9.69 Å². The summed E-state index contributed by atoms with van der Waals surface area (Å²) in [5.74, 6) is 0.891. The molecule has 1 fully saturated rings. The third kappa shape index (κ3) is 6.02. The number of aliphatic hydroxyl groups excluding tert-OH is 1. The Morgan fingerprint density at radius 3 is 2.54 bits per heavy atom. The first-order valence-electron chi connectivity index (χ1n) is 13.9. The fourth-order valence-electron chi connectivity index (χ4n) is 4.94. The van der Waals surface area contributed by atoms with Gasteiger partial charge in [0.1, 0.15) is 5.39 Å². The lowest BCUT2D eigenvalue weighted by atomic mass is 9.90. The molecule has 0 saturated carbocycles. The molecule has 2 N–H and O–H groups in total. The highest BCUT2D eigenvalue weighted by molar-refractivity contribution is 5.77. The number of aliphatic hydroxyl groups is 1. The molecule has 41 heavy (non-hydrogen) atoms. The van der Waals surface area contributed by atoms with Gasteiger partial charge in [0, 0.05) is 62.8 Å². The molecule has 1 aliphatic rings. The number of hydrogen-bond donors (Lipinski definition) is 2. The quantitative estimate of drug-likeness (QED) is 0.268. The molecule has 0 bridgehead atoms. The third-order valence-corrected chi connectivity index (χ3v) is 7.49. The predicted octanol–water partition coefficient (Wildman–Crippen LogP) is 2.95. The van der Waals surface area contributed by atoms with E-state index in [9.17, 15) is 9.90 Å². The average Bonchev–Trinajstić information content (AvgIpc) is 3.27. The van der Waals surface area contributed by atoms with Gasteiger partial charge in [0.15, 0.2) is 11.5 Å². The number of aromatic nitrogens is 5. The van der Waals surface area contributed by atoms with Crippen LogP contribution in [0.1, 0.15) is 19.5 Å². The summed E-state index contributed by atoms with van der Waals surface area (Å²) in [5.41, 5.74) is 2.38. The van der Waals surface area contributed by atoms with Crippen LogP contribution in [0.5, 0.6) is 0 Å². The Morgan fingerprint density at radius 2 is 1.85 bits per heavy atom. The Morgan fingerprint density at radius 1 is 1.10 bits per heavy atom. The topological polar surface area (TPSA) is 114 Å². The van der Waals surface area contributed by atoms with Crippen molar-refractivity contribution in [2.24, 2.45) is 0 Å². The maximum absolute atomic E-state index is 13.3. The zero-order chi connectivity index (χ0) is 29.0. The Kier molecular flexibility index (Phi) is 8.48. The number of allylic oxidation sites excluding steroid dienone is 1. The largest absolute Gasteiger partial charge is 0.395 e. The van der Waals surface area contributed by atoms with Gasteiger partial charge in [0.05, 0.1) is 25.5 Å². The van der Waals surface area contributed by atoms with Crippen LogP contribution in [0, 0.1) is 0 Å². The summed E-state index contributed by atoms with van der Waals surface area (Å²) in [6.07, 6.45) is 3.20. The number of nitrogens with zero attached hydrogens (tertiary/aromatic N) is 7. The van der Waals surface area contributed by atoms with Crippen molar-refractivity contribution < 1.29 is 9.84 Å². The van der Waals surface area contributed by atoms with E-state index >= 15 is 0 Å². The Bertz CT molecular complexity index is 1550. The van der Waals surface area contributed by atoms with Gasteiger partial charge in [0.25, 0.3) is 5.56 Å². The molecule has 0 spiro atoms. The minimum atomic E-state index is -0.548. The van der Waals surface area contributed by atoms with Crippen LogP contribution in [-0.4, -0.2) is 87.4 Å². The summed E-state index contributed by atoms with van der Waals surface area (Å²) in [5, 5.41) is 13.5. The smallest absolute Gasteiger partial charge is 0.278 e. The van der Waals surface area contributed by atoms with Crippen LogP contribution in [0.15, 0.2) is 66.1 Å². The van der Waals surface area contributed by atoms with E-state index in [1.807, 2.05) is 44.2 Å². The molecule has 4 aromatic rings. The van der Waals surface area contributed by atoms with Crippen molar-refractivity contribution in [3.05, 3.63) is 77.4 Å². The van der Waals surface area contributed by atoms with E-state index in [0.717, 1.165) is 45.0 Å². The highest BCUT2D eigenvalue weighted by Crippen LogP contribution is 2.24. The van der Waals surface area contributed by atoms with Gasteiger partial charge in [-0.1, -0.05) is 26.0 Å². The van der Waals surface area contributed by atoms with Crippen LogP contribution in [0.2, 0.25) is 0 Å². The average molecular weight is 559 g/mol. The number of pyridine rings is 1. The predicted molar refractivity (Wildman–Crippen MR) is 161 cm³/mol. The van der Waals surface area contributed by atoms with Gasteiger partial charge in [0.2, 0.25) is 5.95 Å². The van der Waals surface area contributed by atoms with E-state index in [4.69, 9.17) is 14.7 Å². The molecular weight excluding hydrogens is 520 g/mol. The molecule has 1 aliphatic heterocycles. The van der Waals surface area contributed by atoms with Gasteiger partial charge in [-0.05, 0) is 36.4 Å². The summed E-state index contributed by atoms with van der Waals surface area (Å²) >= 11 is 0. The van der Waals surface area contributed by atoms with Crippen LogP contribution >= 0.6 is 0 Å². The standard InChI is InChI=1S/C30H38N8O3/c1-5-13-37-28(40)24-20-31-29(34-27(24)38(37)26-8-6-7-25(33-26)30(2,3)21-39)32-22-9-11-23(12-10-22)36-16-14-35(15-17-36)18-19-41-4/h5-12,20,39H,1,13-19,21H2,2-4H3,(H,31,32,34). The molecule has 1 aromatic carbocycles. The van der Waals surface area contributed by atoms with Crippen molar-refractivity contribution >= 4 is 28.4 Å². The summed E-state index contributed by atoms with van der Waals surface area (Å²) in [6, 6.07) is 13.8. The normalized spacial score (nSPS) is 14.5. The van der Waals surface area contributed by atoms with Crippen molar-refractivity contribution in [1.82, 2.24) is 29.2 Å². The molecule has 3 aromatic heterocycles. The van der Waals surface area contributed by atoms with E-state index in [0.29, 0.717) is 28.5 Å². The summed E-state index contributed by atoms with van der Waals surface area (Å²) in [6.45, 7) is 13.6. The fourth-order valence-corrected chi connectivity index (χ4v) is 4.94. The molecule has 11 heteroatoms. The molecule has 0 amide bonds. The Labute approximate surface area is 239 Å². The van der Waals surface area contributed by atoms with E-state index < -0.39 is 5.41 Å². The lowest BCUT2D eigenvalue weighted by Gasteiger charge is -2.36. The van der Waals surface area contributed by atoms with Crippen molar-refractivity contribution in [1.29, 1.82) is 0 Å². The molecule has 216 valence electrons. The Hall–Kier alpha value is -4.06. The monoisotopic (exact) mass is 558 g/mol. The van der Waals surface area contributed by atoms with Gasteiger partial charge in [-0.15, -0.1) is 6.58 Å². The molecule has 0 unspecified atom stereocenters. The highest BCUT2D eigenvalue weighted by atomic mass is 16.5. The second-order valence-electron chi connectivity index (χ2n) is 10.8. The first kappa shape index (κ1) is 28.5. The molecule has 0 aliphatic carbocycles. The van der Waals surface area contributed by atoms with E-state index in [2.05, 4.69) is 38.8 Å². The number of piperazine rings is 1. The van der Waals surface area contributed by atoms with Crippen LogP contribution < -0.4 is 15.8 Å². The van der Waals surface area contributed by atoms with Gasteiger partial charge < -0.3 is 20.1 Å². The molecule has 5 rings (SSSR count). The molecule has 0 atom stereocenters. The van der Waals surface area contributed by atoms with Gasteiger partial charge in [-0.2, -0.15) is 4.98 Å². The highest BCUT2D eigenvalue weighted by Gasteiger charge is 2.24. The van der Waals surface area contributed by atoms with Gasteiger partial charge in [-0.25, -0.2) is 19.3 Å². The zero-order valence-electron chi connectivity index (χ0n) is 24.0. The lowest BCUT2D eigenvalue weighted by molar-refractivity contribution is 0.144. The minimum absolute atomic E-state index is 0.0606. The second-order valence-corrected chi connectivity index (χ2v) is 10.8. The van der Waals surface area contributed by atoms with Crippen molar-refractivity contribution in [3.63, 3.8) is 0 Å². The van der Waals surface area contributed by atoms with Crippen LogP contribution in [-0.2, 0) is 16.7 Å². The molecule has 11 nitrogen and oxygen atoms in total. The lowest BCUT2D eigenvalue weighted by Crippen LogP contribution is -2.47. The maximum atomic E-state index is 13.3. The first-order valence-corrected chi connectivity index (χ1v) is 13.9. The number of ether oxygens (including phenoxy) is 1. The van der Waals surface area contributed by atoms with Crippen molar-refractivity contribution in [2.45, 2.75) is 25.8 Å². The zero-order valence-corrected chi connectivity index (χ0v) is 24.0. The van der Waals surface area contributed by atoms with Gasteiger partial charge >= 0.3 is 0 Å². The first-order chi connectivity index (χ1) is 19.8. The van der Waals surface area contributed by atoms with Crippen LogP contribution in [0.4, 0.5) is 17.3 Å². The summed E-state index contributed by atoms with van der Waals surface area (Å²) < 4.78 is 8.44. The number of methoxy groups -OCH3 is 1. The molecule has 4 heterocycles. The second kappa shape index (κ2) is 12.2. The Balaban J connectivity index is 1.41. The van der Waals surface area contributed by atoms with Crippen LogP contribution in [0.25, 0.3) is 16.9 Å². The number of nitrogens with one attached hydrogen (secondary N) is 1. The number of fused-ring (bicyclic) bond motifs is 1. The maximum Gasteiger partial charge on any atom is 0.278 e. The fraction of sp³-hybridized carbons (Fsp3) is 0.400. The third-order valence-electron chi connectivity index (χ3n) is 7.49. The van der Waals surface area contributed by atoms with Crippen molar-refractivity contribution in [3.8, 4) is 5.82 Å². The number of hydrogen-bond acceptors (Lipinski definition) is 9. The molecule has 1 saturated heterocycles. The SMILES string of the molecule is C=CCn1c(=O)c2cnc(Nc3ccc(N4CCN(CCOC)CC4)cc3)nc2n1-c1cccc(C(C)(C)CO)n1. The van der Waals surface area contributed by atoms with E-state index in [1.54, 1.807) is 24.1 Å². The van der Waals surface area contributed by atoms with Crippen molar-refractivity contribution in [2.75, 3.05) is 63.3 Å². The molecular formula is C30H38N8O3. The number of anilines is 3. The van der Waals surface area contributed by atoms with E-state index in [1.165, 1.54) is 10.4 Å². The number of benzene rings is 1. The molecule has 0 radical (unpaired) electrons. The van der Waals surface area contributed by atoms with Crippen LogP contribution in [0.3, 0.4) is 0 Å². The summed E-state index contributed by atoms with van der Waals surface area (Å²) in [7, 11) is 1.74. The summed E-state index contributed by atoms with van der Waals surface area (Å²) in [4.78, 5) is 32.1. The van der Waals surface area contributed by atoms with E-state index in [-0.39, 0.29) is 18.7 Å².